The van der Waals surface area contributed by atoms with Crippen LogP contribution < -0.4 is 4.74 Å². The molecule has 1 aliphatic carbocycles. The molecule has 1 aromatic carbocycles. The van der Waals surface area contributed by atoms with E-state index in [1.807, 2.05) is 6.07 Å². The van der Waals surface area contributed by atoms with Crippen LogP contribution in [0.25, 0.3) is 0 Å². The molecule has 0 bridgehead atoms. The summed E-state index contributed by atoms with van der Waals surface area (Å²) < 4.78 is 18.2. The van der Waals surface area contributed by atoms with E-state index in [0.29, 0.717) is 5.75 Å². The van der Waals surface area contributed by atoms with Gasteiger partial charge in [-0.05, 0) is 36.5 Å². The van der Waals surface area contributed by atoms with Crippen molar-refractivity contribution in [1.82, 2.24) is 0 Å². The number of halogens is 1. The lowest BCUT2D eigenvalue weighted by Crippen LogP contribution is -1.91. The zero-order valence-electron chi connectivity index (χ0n) is 7.06. The van der Waals surface area contributed by atoms with Gasteiger partial charge in [-0.2, -0.15) is 0 Å². The molecule has 2 rings (SSSR count). The summed E-state index contributed by atoms with van der Waals surface area (Å²) in [5, 5.41) is 0. The van der Waals surface area contributed by atoms with Gasteiger partial charge in [0.25, 0.3) is 0 Å². The van der Waals surface area contributed by atoms with Gasteiger partial charge in [0.15, 0.2) is 0 Å². The minimum atomic E-state index is -0.109. The number of aryl methyl sites for hydroxylation is 1. The molecule has 0 heterocycles. The molecule has 1 aliphatic rings. The van der Waals surface area contributed by atoms with Crippen LogP contribution >= 0.6 is 0 Å². The van der Waals surface area contributed by atoms with Gasteiger partial charge in [-0.1, -0.05) is 0 Å². The predicted molar refractivity (Wildman–Crippen MR) is 45.0 cm³/mol. The molecule has 0 saturated heterocycles. The Morgan fingerprint density at radius 3 is 2.92 bits per heavy atom. The topological polar surface area (TPSA) is 9.23 Å². The fourth-order valence-electron chi connectivity index (χ4n) is 1.74. The lowest BCUT2D eigenvalue weighted by atomic mass is 10.1. The summed E-state index contributed by atoms with van der Waals surface area (Å²) in [4.78, 5) is 0. The van der Waals surface area contributed by atoms with Crippen molar-refractivity contribution < 1.29 is 9.13 Å². The molecule has 12 heavy (non-hydrogen) atoms. The van der Waals surface area contributed by atoms with Gasteiger partial charge in [-0.25, -0.2) is 4.39 Å². The maximum Gasteiger partial charge on any atom is 0.130 e. The van der Waals surface area contributed by atoms with Crippen LogP contribution in [0, 0.1) is 5.82 Å². The van der Waals surface area contributed by atoms with Crippen LogP contribution in [0.3, 0.4) is 0 Å². The average molecular weight is 166 g/mol. The molecular formula is C10H11FO. The molecule has 0 aliphatic heterocycles. The van der Waals surface area contributed by atoms with Crippen LogP contribution in [0.15, 0.2) is 12.1 Å². The molecule has 64 valence electrons. The summed E-state index contributed by atoms with van der Waals surface area (Å²) in [5.74, 6) is 0.523. The van der Waals surface area contributed by atoms with Crippen LogP contribution in [0.4, 0.5) is 4.39 Å². The molecule has 1 nitrogen and oxygen atoms in total. The molecule has 0 aromatic heterocycles. The molecular weight excluding hydrogens is 155 g/mol. The number of methoxy groups -OCH3 is 1. The average Bonchev–Trinajstić information content (AvgIpc) is 2.52. The molecule has 0 radical (unpaired) electrons. The lowest BCUT2D eigenvalue weighted by molar-refractivity contribution is 0.410. The number of benzene rings is 1. The first-order valence-electron chi connectivity index (χ1n) is 4.16. The van der Waals surface area contributed by atoms with Crippen LogP contribution in [-0.2, 0) is 12.8 Å². The molecule has 0 unspecified atom stereocenters. The largest absolute Gasteiger partial charge is 0.497 e. The minimum absolute atomic E-state index is 0.109. The highest BCUT2D eigenvalue weighted by Gasteiger charge is 2.16. The highest BCUT2D eigenvalue weighted by Crippen LogP contribution is 2.28. The Morgan fingerprint density at radius 1 is 1.33 bits per heavy atom. The zero-order chi connectivity index (χ0) is 8.55. The lowest BCUT2D eigenvalue weighted by Gasteiger charge is -2.04. The van der Waals surface area contributed by atoms with Crippen molar-refractivity contribution in [1.29, 1.82) is 0 Å². The summed E-state index contributed by atoms with van der Waals surface area (Å²) in [5.41, 5.74) is 2.00. The van der Waals surface area contributed by atoms with E-state index in [-0.39, 0.29) is 5.82 Å². The zero-order valence-corrected chi connectivity index (χ0v) is 7.06. The molecule has 0 fully saturated rings. The van der Waals surface area contributed by atoms with E-state index in [4.69, 9.17) is 4.74 Å². The SMILES string of the molecule is COc1cc(F)c2c(c1)CCC2. The minimum Gasteiger partial charge on any atom is -0.497 e. The molecule has 0 amide bonds. The third-order valence-electron chi connectivity index (χ3n) is 2.37. The number of hydrogen-bond acceptors (Lipinski definition) is 1. The Balaban J connectivity index is 2.51. The van der Waals surface area contributed by atoms with E-state index in [2.05, 4.69) is 0 Å². The van der Waals surface area contributed by atoms with Gasteiger partial charge in [-0.15, -0.1) is 0 Å². The Kier molecular flexibility index (Phi) is 1.75. The highest BCUT2D eigenvalue weighted by molar-refractivity contribution is 5.39. The maximum absolute atomic E-state index is 13.3. The first-order chi connectivity index (χ1) is 5.81. The summed E-state index contributed by atoms with van der Waals surface area (Å²) in [7, 11) is 1.57. The molecule has 2 heteroatoms. The van der Waals surface area contributed by atoms with Crippen LogP contribution in [-0.4, -0.2) is 7.11 Å². The number of rotatable bonds is 1. The standard InChI is InChI=1S/C10H11FO/c1-12-8-5-7-3-2-4-9(7)10(11)6-8/h5-6H,2-4H2,1H3. The first-order valence-corrected chi connectivity index (χ1v) is 4.16. The van der Waals surface area contributed by atoms with E-state index in [0.717, 1.165) is 30.4 Å². The second kappa shape index (κ2) is 2.77. The molecule has 0 spiro atoms. The summed E-state index contributed by atoms with van der Waals surface area (Å²) in [6.07, 6.45) is 2.94. The smallest absolute Gasteiger partial charge is 0.130 e. The van der Waals surface area contributed by atoms with Crippen molar-refractivity contribution in [2.24, 2.45) is 0 Å². The van der Waals surface area contributed by atoms with E-state index >= 15 is 0 Å². The fourth-order valence-corrected chi connectivity index (χ4v) is 1.74. The van der Waals surface area contributed by atoms with Gasteiger partial charge in [0.05, 0.1) is 7.11 Å². The van der Waals surface area contributed by atoms with E-state index in [9.17, 15) is 4.39 Å². The van der Waals surface area contributed by atoms with Crippen molar-refractivity contribution in [2.75, 3.05) is 7.11 Å². The maximum atomic E-state index is 13.3. The molecule has 0 atom stereocenters. The number of fused-ring (bicyclic) bond motifs is 1. The van der Waals surface area contributed by atoms with Gasteiger partial charge >= 0.3 is 0 Å². The first kappa shape index (κ1) is 7.59. The molecule has 1 aromatic rings. The van der Waals surface area contributed by atoms with Crippen LogP contribution in [0.5, 0.6) is 5.75 Å². The van der Waals surface area contributed by atoms with Crippen molar-refractivity contribution in [3.05, 3.63) is 29.1 Å². The van der Waals surface area contributed by atoms with Crippen molar-refractivity contribution in [3.8, 4) is 5.75 Å². The van der Waals surface area contributed by atoms with E-state index < -0.39 is 0 Å². The van der Waals surface area contributed by atoms with Gasteiger partial charge in [0.1, 0.15) is 11.6 Å². The Labute approximate surface area is 71.2 Å². The van der Waals surface area contributed by atoms with Crippen LogP contribution in [0.1, 0.15) is 17.5 Å². The highest BCUT2D eigenvalue weighted by atomic mass is 19.1. The second-order valence-corrected chi connectivity index (χ2v) is 3.10. The van der Waals surface area contributed by atoms with Crippen LogP contribution in [0.2, 0.25) is 0 Å². The third kappa shape index (κ3) is 1.07. The van der Waals surface area contributed by atoms with Crippen molar-refractivity contribution >= 4 is 0 Å². The monoisotopic (exact) mass is 166 g/mol. The quantitative estimate of drug-likeness (QED) is 0.622. The summed E-state index contributed by atoms with van der Waals surface area (Å²) in [6, 6.07) is 3.40. The number of hydrogen-bond donors (Lipinski definition) is 0. The summed E-state index contributed by atoms with van der Waals surface area (Å²) in [6.45, 7) is 0. The number of ether oxygens (including phenoxy) is 1. The Bertz CT molecular complexity index is 307. The molecule has 0 N–H and O–H groups in total. The predicted octanol–water partition coefficient (Wildman–Crippen LogP) is 2.32. The van der Waals surface area contributed by atoms with Crippen molar-refractivity contribution in [2.45, 2.75) is 19.3 Å². The van der Waals surface area contributed by atoms with Gasteiger partial charge in [-0.3, -0.25) is 0 Å². The van der Waals surface area contributed by atoms with E-state index in [1.54, 1.807) is 7.11 Å². The third-order valence-corrected chi connectivity index (χ3v) is 2.37. The van der Waals surface area contributed by atoms with Crippen molar-refractivity contribution in [3.63, 3.8) is 0 Å². The van der Waals surface area contributed by atoms with E-state index in [1.165, 1.54) is 6.07 Å². The molecule has 0 saturated carbocycles. The summed E-state index contributed by atoms with van der Waals surface area (Å²) >= 11 is 0. The fraction of sp³-hybridized carbons (Fsp3) is 0.400. The Hall–Kier alpha value is -1.05. The van der Waals surface area contributed by atoms with Gasteiger partial charge < -0.3 is 4.74 Å². The van der Waals surface area contributed by atoms with Gasteiger partial charge in [0, 0.05) is 6.07 Å². The normalized spacial score (nSPS) is 14.5. The Morgan fingerprint density at radius 2 is 2.17 bits per heavy atom. The van der Waals surface area contributed by atoms with Gasteiger partial charge in [0.2, 0.25) is 0 Å². The second-order valence-electron chi connectivity index (χ2n) is 3.10.